The Bertz CT molecular complexity index is 961. The maximum absolute atomic E-state index is 13.0. The fraction of sp³-hybridized carbons (Fsp3) is 0.348. The van der Waals surface area contributed by atoms with Crippen LogP contribution in [0.1, 0.15) is 20.7 Å². The van der Waals surface area contributed by atoms with Crippen molar-refractivity contribution in [3.63, 3.8) is 0 Å². The van der Waals surface area contributed by atoms with Gasteiger partial charge in [-0.1, -0.05) is 24.3 Å². The Morgan fingerprint density at radius 2 is 1.62 bits per heavy atom. The van der Waals surface area contributed by atoms with E-state index in [1.54, 1.807) is 43.5 Å². The summed E-state index contributed by atoms with van der Waals surface area (Å²) in [6.07, 6.45) is 0. The number of hydrogen-bond donors (Lipinski definition) is 2. The van der Waals surface area contributed by atoms with E-state index in [1.165, 1.54) is 0 Å². The molecule has 2 aromatic carbocycles. The van der Waals surface area contributed by atoms with Crippen molar-refractivity contribution in [2.45, 2.75) is 0 Å². The zero-order valence-corrected chi connectivity index (χ0v) is 19.1. The van der Waals surface area contributed by atoms with Crippen LogP contribution < -0.4 is 15.4 Å². The zero-order chi connectivity index (χ0) is 22.9. The Labute approximate surface area is 193 Å². The molecule has 170 valence electrons. The van der Waals surface area contributed by atoms with Crippen LogP contribution in [0.25, 0.3) is 0 Å². The number of carbonyl (C=O) groups excluding carboxylic acids is 2. The van der Waals surface area contributed by atoms with Gasteiger partial charge in [0.05, 0.1) is 23.4 Å². The van der Waals surface area contributed by atoms with E-state index in [0.717, 1.165) is 13.1 Å². The van der Waals surface area contributed by atoms with Crippen LogP contribution in [0.15, 0.2) is 48.5 Å². The molecule has 0 radical (unpaired) electrons. The van der Waals surface area contributed by atoms with Gasteiger partial charge in [0.2, 0.25) is 0 Å². The number of likely N-dealkylation sites (N-methyl/N-ethyl adjacent to an activating group) is 1. The maximum Gasteiger partial charge on any atom is 0.261 e. The highest BCUT2D eigenvalue weighted by Crippen LogP contribution is 2.20. The lowest BCUT2D eigenvalue weighted by molar-refractivity contribution is 0.0665. The lowest BCUT2D eigenvalue weighted by atomic mass is 10.1. The molecule has 2 aromatic rings. The number of carbonyl (C=O) groups is 2. The molecule has 0 aliphatic carbocycles. The van der Waals surface area contributed by atoms with E-state index in [4.69, 9.17) is 21.7 Å². The molecule has 0 spiro atoms. The minimum Gasteiger partial charge on any atom is -0.490 e. The predicted molar refractivity (Wildman–Crippen MR) is 127 cm³/mol. The van der Waals surface area contributed by atoms with Gasteiger partial charge in [-0.25, -0.2) is 0 Å². The first kappa shape index (κ1) is 23.6. The number of rotatable bonds is 7. The van der Waals surface area contributed by atoms with Gasteiger partial charge in [-0.05, 0) is 43.5 Å². The summed E-state index contributed by atoms with van der Waals surface area (Å²) in [5, 5.41) is 5.76. The quantitative estimate of drug-likeness (QED) is 0.488. The minimum atomic E-state index is -0.404. The summed E-state index contributed by atoms with van der Waals surface area (Å²) in [4.78, 5) is 29.8. The van der Waals surface area contributed by atoms with E-state index in [2.05, 4.69) is 15.5 Å². The van der Waals surface area contributed by atoms with Gasteiger partial charge in [0, 0.05) is 33.3 Å². The number of ether oxygens (including phenoxy) is 2. The third-order valence-electron chi connectivity index (χ3n) is 5.10. The van der Waals surface area contributed by atoms with Crippen molar-refractivity contribution >= 4 is 34.8 Å². The van der Waals surface area contributed by atoms with Crippen molar-refractivity contribution in [1.82, 2.24) is 15.1 Å². The summed E-state index contributed by atoms with van der Waals surface area (Å²) in [5.74, 6) is -0.0268. The fourth-order valence-electron chi connectivity index (χ4n) is 3.30. The molecule has 1 aliphatic heterocycles. The molecule has 1 heterocycles. The van der Waals surface area contributed by atoms with Crippen molar-refractivity contribution in [3.8, 4) is 5.75 Å². The van der Waals surface area contributed by atoms with Gasteiger partial charge >= 0.3 is 0 Å². The highest BCUT2D eigenvalue weighted by atomic mass is 32.1. The summed E-state index contributed by atoms with van der Waals surface area (Å²) in [6, 6.07) is 14.1. The normalized spacial score (nSPS) is 14.0. The first-order chi connectivity index (χ1) is 15.5. The number of piperazine rings is 1. The molecule has 1 fully saturated rings. The molecule has 1 saturated heterocycles. The molecule has 32 heavy (non-hydrogen) atoms. The van der Waals surface area contributed by atoms with Crippen molar-refractivity contribution in [3.05, 3.63) is 59.7 Å². The van der Waals surface area contributed by atoms with E-state index in [0.29, 0.717) is 48.9 Å². The van der Waals surface area contributed by atoms with Crippen LogP contribution in [0.5, 0.6) is 5.75 Å². The SMILES string of the molecule is COCCOc1ccccc1C(=O)NC(=S)Nc1ccccc1C(=O)N1CCN(C)CC1. The number of anilines is 1. The second-order valence-electron chi connectivity index (χ2n) is 7.39. The van der Waals surface area contributed by atoms with E-state index in [1.807, 2.05) is 24.1 Å². The highest BCUT2D eigenvalue weighted by Gasteiger charge is 2.23. The third-order valence-corrected chi connectivity index (χ3v) is 5.30. The number of hydrogen-bond acceptors (Lipinski definition) is 6. The van der Waals surface area contributed by atoms with E-state index < -0.39 is 5.91 Å². The number of para-hydroxylation sites is 2. The molecule has 2 N–H and O–H groups in total. The molecule has 8 nitrogen and oxygen atoms in total. The van der Waals surface area contributed by atoms with Gasteiger partial charge in [-0.3, -0.25) is 14.9 Å². The molecule has 0 atom stereocenters. The number of methoxy groups -OCH3 is 1. The maximum atomic E-state index is 13.0. The summed E-state index contributed by atoms with van der Waals surface area (Å²) in [7, 11) is 3.62. The minimum absolute atomic E-state index is 0.0628. The molecular formula is C23H28N4O4S. The number of benzene rings is 2. The largest absolute Gasteiger partial charge is 0.490 e. The molecule has 0 saturated carbocycles. The van der Waals surface area contributed by atoms with Gasteiger partial charge < -0.3 is 24.6 Å². The summed E-state index contributed by atoms with van der Waals surface area (Å²) in [6.45, 7) is 3.75. The van der Waals surface area contributed by atoms with Crippen molar-refractivity contribution < 1.29 is 19.1 Å². The average molecular weight is 457 g/mol. The lowest BCUT2D eigenvalue weighted by Crippen LogP contribution is -2.47. The van der Waals surface area contributed by atoms with Crippen LogP contribution in [0.4, 0.5) is 5.69 Å². The van der Waals surface area contributed by atoms with Gasteiger partial charge in [0.25, 0.3) is 11.8 Å². The summed E-state index contributed by atoms with van der Waals surface area (Å²) >= 11 is 5.34. The molecule has 2 amide bonds. The standard InChI is InChI=1S/C23H28N4O4S/c1-26-11-13-27(14-12-26)22(29)17-7-3-5-9-19(17)24-23(32)25-21(28)18-8-4-6-10-20(18)31-16-15-30-2/h3-10H,11-16H2,1-2H3,(H2,24,25,28,32). The predicted octanol–water partition coefficient (Wildman–Crippen LogP) is 2.23. The zero-order valence-electron chi connectivity index (χ0n) is 18.3. The number of nitrogens with one attached hydrogen (secondary N) is 2. The molecule has 0 bridgehead atoms. The van der Waals surface area contributed by atoms with Crippen LogP contribution >= 0.6 is 12.2 Å². The number of nitrogens with zero attached hydrogens (tertiary/aromatic N) is 2. The molecule has 3 rings (SSSR count). The van der Waals surface area contributed by atoms with Crippen molar-refractivity contribution in [2.24, 2.45) is 0 Å². The van der Waals surface area contributed by atoms with Gasteiger partial charge in [-0.15, -0.1) is 0 Å². The van der Waals surface area contributed by atoms with Crippen LogP contribution in [0.2, 0.25) is 0 Å². The Hall–Kier alpha value is -3.01. The Balaban J connectivity index is 1.66. The Morgan fingerprint density at radius 1 is 0.969 bits per heavy atom. The van der Waals surface area contributed by atoms with Crippen LogP contribution in [-0.4, -0.2) is 80.3 Å². The van der Waals surface area contributed by atoms with Crippen LogP contribution in [0, 0.1) is 0 Å². The number of thiocarbonyl (C=S) groups is 1. The van der Waals surface area contributed by atoms with Crippen molar-refractivity contribution in [1.29, 1.82) is 0 Å². The monoisotopic (exact) mass is 456 g/mol. The second-order valence-corrected chi connectivity index (χ2v) is 7.79. The summed E-state index contributed by atoms with van der Waals surface area (Å²) in [5.41, 5.74) is 1.41. The van der Waals surface area contributed by atoms with Crippen LogP contribution in [0.3, 0.4) is 0 Å². The van der Waals surface area contributed by atoms with E-state index >= 15 is 0 Å². The first-order valence-corrected chi connectivity index (χ1v) is 10.8. The second kappa shape index (κ2) is 11.6. The molecule has 0 unspecified atom stereocenters. The van der Waals surface area contributed by atoms with Gasteiger partial charge in [0.15, 0.2) is 5.11 Å². The fourth-order valence-corrected chi connectivity index (χ4v) is 3.50. The highest BCUT2D eigenvalue weighted by molar-refractivity contribution is 7.80. The number of amides is 2. The van der Waals surface area contributed by atoms with Gasteiger partial charge in [0.1, 0.15) is 12.4 Å². The van der Waals surface area contributed by atoms with Gasteiger partial charge in [-0.2, -0.15) is 0 Å². The lowest BCUT2D eigenvalue weighted by Gasteiger charge is -2.32. The van der Waals surface area contributed by atoms with E-state index in [-0.39, 0.29) is 11.0 Å². The topological polar surface area (TPSA) is 83.1 Å². The molecular weight excluding hydrogens is 428 g/mol. The Kier molecular flexibility index (Phi) is 8.55. The molecule has 0 aromatic heterocycles. The average Bonchev–Trinajstić information content (AvgIpc) is 2.80. The molecule has 9 heteroatoms. The third kappa shape index (κ3) is 6.25. The smallest absolute Gasteiger partial charge is 0.261 e. The summed E-state index contributed by atoms with van der Waals surface area (Å²) < 4.78 is 10.6. The van der Waals surface area contributed by atoms with Crippen molar-refractivity contribution in [2.75, 3.05) is 58.9 Å². The van der Waals surface area contributed by atoms with Crippen LogP contribution in [-0.2, 0) is 4.74 Å². The molecule has 1 aliphatic rings. The first-order valence-electron chi connectivity index (χ1n) is 10.4. The Morgan fingerprint density at radius 3 is 2.34 bits per heavy atom. The van der Waals surface area contributed by atoms with E-state index in [9.17, 15) is 9.59 Å².